The molecule has 17 heavy (non-hydrogen) atoms. The van der Waals surface area contributed by atoms with E-state index in [1.54, 1.807) is 12.1 Å². The third kappa shape index (κ3) is 2.58. The van der Waals surface area contributed by atoms with Gasteiger partial charge in [-0.25, -0.2) is 0 Å². The Morgan fingerprint density at radius 2 is 2.35 bits per heavy atom. The minimum atomic E-state index is -0.379. The van der Waals surface area contributed by atoms with Gasteiger partial charge in [0.05, 0.1) is 10.6 Å². The summed E-state index contributed by atoms with van der Waals surface area (Å²) in [4.78, 5) is 12.5. The van der Waals surface area contributed by atoms with Crippen LogP contribution < -0.4 is 10.2 Å². The molecule has 92 valence electrons. The highest BCUT2D eigenvalue weighted by Gasteiger charge is 2.21. The normalized spacial score (nSPS) is 20.4. The van der Waals surface area contributed by atoms with Gasteiger partial charge >= 0.3 is 0 Å². The smallest absolute Gasteiger partial charge is 0.270 e. The zero-order chi connectivity index (χ0) is 12.4. The Hall–Kier alpha value is -1.14. The molecule has 1 saturated heterocycles. The molecule has 1 aliphatic rings. The number of anilines is 1. The molecule has 0 radical (unpaired) electrons. The minimum Gasteiger partial charge on any atom is -0.365 e. The SMILES string of the molecule is CC1CNCCN1c1ccc([N+](=O)[O-])cc1Br. The van der Waals surface area contributed by atoms with Crippen LogP contribution in [-0.2, 0) is 0 Å². The lowest BCUT2D eigenvalue weighted by atomic mass is 10.1. The predicted molar refractivity (Wildman–Crippen MR) is 70.5 cm³/mol. The van der Waals surface area contributed by atoms with Gasteiger partial charge in [-0.3, -0.25) is 10.1 Å². The van der Waals surface area contributed by atoms with Gasteiger partial charge in [0.1, 0.15) is 0 Å². The average molecular weight is 300 g/mol. The molecule has 0 spiro atoms. The Morgan fingerprint density at radius 1 is 1.59 bits per heavy atom. The van der Waals surface area contributed by atoms with Crippen molar-refractivity contribution >= 4 is 27.3 Å². The van der Waals surface area contributed by atoms with Crippen LogP contribution in [-0.4, -0.2) is 30.6 Å². The first-order valence-electron chi connectivity index (χ1n) is 5.51. The average Bonchev–Trinajstić information content (AvgIpc) is 2.30. The van der Waals surface area contributed by atoms with Crippen molar-refractivity contribution in [3.63, 3.8) is 0 Å². The van der Waals surface area contributed by atoms with Crippen LogP contribution >= 0.6 is 15.9 Å². The zero-order valence-electron chi connectivity index (χ0n) is 9.52. The van der Waals surface area contributed by atoms with E-state index in [0.717, 1.165) is 29.8 Å². The standard InChI is InChI=1S/C11H14BrN3O2/c1-8-7-13-4-5-14(8)11-3-2-9(15(16)17)6-10(11)12/h2-3,6,8,13H,4-5,7H2,1H3. The summed E-state index contributed by atoms with van der Waals surface area (Å²) in [6.07, 6.45) is 0. The predicted octanol–water partition coefficient (Wildman–Crippen LogP) is 2.16. The number of nitrogens with zero attached hydrogens (tertiary/aromatic N) is 2. The van der Waals surface area contributed by atoms with Crippen LogP contribution in [0.1, 0.15) is 6.92 Å². The third-order valence-electron chi connectivity index (χ3n) is 2.95. The summed E-state index contributed by atoms with van der Waals surface area (Å²) < 4.78 is 0.778. The fraction of sp³-hybridized carbons (Fsp3) is 0.455. The van der Waals surface area contributed by atoms with Gasteiger partial charge in [0.2, 0.25) is 0 Å². The molecule has 6 heteroatoms. The van der Waals surface area contributed by atoms with Crippen molar-refractivity contribution in [1.82, 2.24) is 5.32 Å². The quantitative estimate of drug-likeness (QED) is 0.671. The largest absolute Gasteiger partial charge is 0.365 e. The second-order valence-electron chi connectivity index (χ2n) is 4.14. The van der Waals surface area contributed by atoms with Crippen molar-refractivity contribution in [2.45, 2.75) is 13.0 Å². The van der Waals surface area contributed by atoms with Crippen LogP contribution in [0, 0.1) is 10.1 Å². The number of rotatable bonds is 2. The van der Waals surface area contributed by atoms with Gasteiger partial charge < -0.3 is 10.2 Å². The maximum Gasteiger partial charge on any atom is 0.270 e. The Labute approximate surface area is 108 Å². The molecule has 0 saturated carbocycles. The molecule has 1 fully saturated rings. The van der Waals surface area contributed by atoms with E-state index in [1.165, 1.54) is 0 Å². The zero-order valence-corrected chi connectivity index (χ0v) is 11.1. The third-order valence-corrected chi connectivity index (χ3v) is 3.59. The molecule has 0 aromatic heterocycles. The van der Waals surface area contributed by atoms with Crippen molar-refractivity contribution in [2.24, 2.45) is 0 Å². The minimum absolute atomic E-state index is 0.114. The number of piperazine rings is 1. The van der Waals surface area contributed by atoms with Gasteiger partial charge in [-0.15, -0.1) is 0 Å². The van der Waals surface area contributed by atoms with Gasteiger partial charge in [-0.05, 0) is 28.9 Å². The van der Waals surface area contributed by atoms with E-state index in [2.05, 4.69) is 33.1 Å². The summed E-state index contributed by atoms with van der Waals surface area (Å²) in [5.74, 6) is 0. The molecule has 2 rings (SSSR count). The summed E-state index contributed by atoms with van der Waals surface area (Å²) in [5.41, 5.74) is 1.13. The van der Waals surface area contributed by atoms with E-state index in [0.29, 0.717) is 6.04 Å². The number of benzene rings is 1. The molecule has 1 atom stereocenters. The summed E-state index contributed by atoms with van der Waals surface area (Å²) >= 11 is 3.41. The number of nitro groups is 1. The van der Waals surface area contributed by atoms with Crippen molar-refractivity contribution < 1.29 is 4.92 Å². The Morgan fingerprint density at radius 3 is 2.94 bits per heavy atom. The number of halogens is 1. The van der Waals surface area contributed by atoms with Gasteiger partial charge in [0, 0.05) is 42.3 Å². The number of nitro benzene ring substituents is 1. The second kappa shape index (κ2) is 5.01. The Bertz CT molecular complexity index is 439. The molecular formula is C11H14BrN3O2. The highest BCUT2D eigenvalue weighted by molar-refractivity contribution is 9.10. The lowest BCUT2D eigenvalue weighted by Gasteiger charge is -2.36. The molecule has 0 bridgehead atoms. The fourth-order valence-electron chi connectivity index (χ4n) is 2.04. The molecular weight excluding hydrogens is 286 g/mol. The lowest BCUT2D eigenvalue weighted by molar-refractivity contribution is -0.384. The summed E-state index contributed by atoms with van der Waals surface area (Å²) in [6.45, 7) is 4.93. The maximum absolute atomic E-state index is 10.7. The maximum atomic E-state index is 10.7. The monoisotopic (exact) mass is 299 g/mol. The van der Waals surface area contributed by atoms with E-state index < -0.39 is 0 Å². The molecule has 1 aromatic carbocycles. The van der Waals surface area contributed by atoms with Crippen LogP contribution in [0.25, 0.3) is 0 Å². The first-order valence-corrected chi connectivity index (χ1v) is 6.30. The molecule has 1 unspecified atom stereocenters. The van der Waals surface area contributed by atoms with Gasteiger partial charge in [0.25, 0.3) is 5.69 Å². The highest BCUT2D eigenvalue weighted by atomic mass is 79.9. The summed E-state index contributed by atoms with van der Waals surface area (Å²) in [6, 6.07) is 5.31. The van der Waals surface area contributed by atoms with Gasteiger partial charge in [-0.1, -0.05) is 0 Å². The summed E-state index contributed by atoms with van der Waals surface area (Å²) in [5, 5.41) is 14.0. The fourth-order valence-corrected chi connectivity index (χ4v) is 2.64. The molecule has 0 amide bonds. The first kappa shape index (κ1) is 12.3. The highest BCUT2D eigenvalue weighted by Crippen LogP contribution is 2.31. The van der Waals surface area contributed by atoms with E-state index in [9.17, 15) is 10.1 Å². The lowest BCUT2D eigenvalue weighted by Crippen LogP contribution is -2.50. The van der Waals surface area contributed by atoms with Gasteiger partial charge in [-0.2, -0.15) is 0 Å². The number of hydrogen-bond acceptors (Lipinski definition) is 4. The van der Waals surface area contributed by atoms with E-state index >= 15 is 0 Å². The van der Waals surface area contributed by atoms with Crippen LogP contribution in [0.4, 0.5) is 11.4 Å². The Balaban J connectivity index is 2.29. The van der Waals surface area contributed by atoms with E-state index in [-0.39, 0.29) is 10.6 Å². The molecule has 0 aliphatic carbocycles. The number of nitrogens with one attached hydrogen (secondary N) is 1. The Kier molecular flexibility index (Phi) is 3.63. The van der Waals surface area contributed by atoms with Crippen LogP contribution in [0.5, 0.6) is 0 Å². The molecule has 1 N–H and O–H groups in total. The van der Waals surface area contributed by atoms with Crippen LogP contribution in [0.15, 0.2) is 22.7 Å². The number of hydrogen-bond donors (Lipinski definition) is 1. The van der Waals surface area contributed by atoms with Crippen molar-refractivity contribution in [1.29, 1.82) is 0 Å². The molecule has 1 aromatic rings. The van der Waals surface area contributed by atoms with E-state index in [4.69, 9.17) is 0 Å². The molecule has 1 aliphatic heterocycles. The molecule has 1 heterocycles. The number of non-ortho nitro benzene ring substituents is 1. The summed E-state index contributed by atoms with van der Waals surface area (Å²) in [7, 11) is 0. The molecule has 5 nitrogen and oxygen atoms in total. The van der Waals surface area contributed by atoms with Crippen LogP contribution in [0.2, 0.25) is 0 Å². The first-order chi connectivity index (χ1) is 8.09. The van der Waals surface area contributed by atoms with Crippen molar-refractivity contribution in [2.75, 3.05) is 24.5 Å². The van der Waals surface area contributed by atoms with Crippen LogP contribution in [0.3, 0.4) is 0 Å². The van der Waals surface area contributed by atoms with Gasteiger partial charge in [0.15, 0.2) is 0 Å². The van der Waals surface area contributed by atoms with Crippen molar-refractivity contribution in [3.05, 3.63) is 32.8 Å². The van der Waals surface area contributed by atoms with E-state index in [1.807, 2.05) is 6.07 Å². The van der Waals surface area contributed by atoms with Crippen molar-refractivity contribution in [3.8, 4) is 0 Å². The topological polar surface area (TPSA) is 58.4 Å². The second-order valence-corrected chi connectivity index (χ2v) is 4.99.